The molecule has 4 nitrogen and oxygen atoms in total. The van der Waals surface area contributed by atoms with Crippen LogP contribution in [0.25, 0.3) is 0 Å². The summed E-state index contributed by atoms with van der Waals surface area (Å²) in [5.41, 5.74) is 0.370. The molecule has 1 aromatic carbocycles. The number of rotatable bonds is 6. The van der Waals surface area contributed by atoms with E-state index in [0.717, 1.165) is 18.9 Å². The second-order valence-corrected chi connectivity index (χ2v) is 4.52. The molecule has 2 N–H and O–H groups in total. The van der Waals surface area contributed by atoms with Gasteiger partial charge >= 0.3 is 0 Å². The quantitative estimate of drug-likeness (QED) is 0.780. The van der Waals surface area contributed by atoms with Crippen molar-refractivity contribution in [2.45, 2.75) is 19.8 Å². The van der Waals surface area contributed by atoms with Crippen LogP contribution in [0, 0.1) is 17.7 Å². The lowest BCUT2D eigenvalue weighted by Crippen LogP contribution is -2.34. The van der Waals surface area contributed by atoms with Gasteiger partial charge in [-0.1, -0.05) is 25.2 Å². The van der Waals surface area contributed by atoms with Crippen LogP contribution < -0.4 is 0 Å². The largest absolute Gasteiger partial charge is 0.395 e. The van der Waals surface area contributed by atoms with Gasteiger partial charge in [-0.3, -0.25) is 4.79 Å². The lowest BCUT2D eigenvalue weighted by atomic mass is 10.1. The minimum atomic E-state index is -0.596. The highest BCUT2D eigenvalue weighted by Crippen LogP contribution is 2.12. The summed E-state index contributed by atoms with van der Waals surface area (Å²) >= 11 is 0. The number of hydrogen-bond acceptors (Lipinski definition) is 3. The number of halogens is 1. The second kappa shape index (κ2) is 9.11. The molecule has 1 amide bonds. The Morgan fingerprint density at radius 3 is 2.67 bits per heavy atom. The number of unbranched alkanes of at least 4 members (excludes halogenated alkanes) is 1. The molecule has 0 aliphatic heterocycles. The summed E-state index contributed by atoms with van der Waals surface area (Å²) in [7, 11) is 0. The zero-order valence-corrected chi connectivity index (χ0v) is 12.1. The van der Waals surface area contributed by atoms with Gasteiger partial charge in [-0.2, -0.15) is 0 Å². The van der Waals surface area contributed by atoms with Gasteiger partial charge in [-0.05, 0) is 24.6 Å². The highest BCUT2D eigenvalue weighted by Gasteiger charge is 2.16. The van der Waals surface area contributed by atoms with E-state index in [4.69, 9.17) is 10.2 Å². The highest BCUT2D eigenvalue weighted by molar-refractivity contribution is 5.94. The highest BCUT2D eigenvalue weighted by atomic mass is 19.1. The number of aliphatic hydroxyl groups excluding tert-OH is 2. The Hall–Kier alpha value is -1.90. The first-order valence-corrected chi connectivity index (χ1v) is 6.93. The number of carbonyl (C=O) groups is 1. The first-order chi connectivity index (χ1) is 10.1. The zero-order valence-electron chi connectivity index (χ0n) is 12.1. The molecule has 0 radical (unpaired) electrons. The maximum absolute atomic E-state index is 13.8. The van der Waals surface area contributed by atoms with Gasteiger partial charge in [0, 0.05) is 18.7 Å². The number of nitrogens with zero attached hydrogens (tertiary/aromatic N) is 1. The van der Waals surface area contributed by atoms with E-state index in [9.17, 15) is 9.18 Å². The minimum absolute atomic E-state index is 0.127. The first kappa shape index (κ1) is 17.2. The molecule has 21 heavy (non-hydrogen) atoms. The third kappa shape index (κ3) is 5.18. The van der Waals surface area contributed by atoms with Crippen molar-refractivity contribution in [2.24, 2.45) is 0 Å². The fraction of sp³-hybridized carbons (Fsp3) is 0.438. The van der Waals surface area contributed by atoms with Crippen LogP contribution in [0.3, 0.4) is 0 Å². The molecule has 0 unspecified atom stereocenters. The van der Waals surface area contributed by atoms with Crippen LogP contribution in [-0.4, -0.2) is 47.3 Å². The van der Waals surface area contributed by atoms with Crippen molar-refractivity contribution in [3.8, 4) is 11.8 Å². The molecular formula is C16H20FNO3. The summed E-state index contributed by atoms with van der Waals surface area (Å²) in [5, 5.41) is 17.6. The van der Waals surface area contributed by atoms with E-state index in [1.54, 1.807) is 0 Å². The average Bonchev–Trinajstić information content (AvgIpc) is 2.49. The molecule has 0 aliphatic carbocycles. The molecular weight excluding hydrogens is 273 g/mol. The second-order valence-electron chi connectivity index (χ2n) is 4.52. The molecule has 0 bridgehead atoms. The molecule has 1 aromatic rings. The summed E-state index contributed by atoms with van der Waals surface area (Å²) in [6.45, 7) is 2.30. The molecule has 1 rings (SSSR count). The van der Waals surface area contributed by atoms with E-state index < -0.39 is 5.82 Å². The van der Waals surface area contributed by atoms with Crippen molar-refractivity contribution in [3.05, 3.63) is 35.1 Å². The molecule has 0 fully saturated rings. The smallest absolute Gasteiger partial charge is 0.254 e. The summed E-state index contributed by atoms with van der Waals surface area (Å²) in [6, 6.07) is 4.06. The van der Waals surface area contributed by atoms with Crippen molar-refractivity contribution in [1.82, 2.24) is 4.90 Å². The van der Waals surface area contributed by atoms with Gasteiger partial charge in [0.05, 0.1) is 12.2 Å². The standard InChI is InChI=1S/C16H20FNO3/c1-2-3-8-18(9-11-20)16(21)14-7-6-13(5-4-10-19)15(17)12-14/h6-7,12,19-20H,2-3,8-11H2,1H3. The Kier molecular flexibility index (Phi) is 7.44. The number of hydrogen-bond donors (Lipinski definition) is 2. The van der Waals surface area contributed by atoms with Crippen LogP contribution in [0.4, 0.5) is 4.39 Å². The zero-order chi connectivity index (χ0) is 15.7. The van der Waals surface area contributed by atoms with E-state index in [1.807, 2.05) is 6.92 Å². The van der Waals surface area contributed by atoms with Gasteiger partial charge in [-0.25, -0.2) is 4.39 Å². The summed E-state index contributed by atoms with van der Waals surface area (Å²) in [4.78, 5) is 13.8. The molecule has 0 saturated heterocycles. The van der Waals surface area contributed by atoms with Gasteiger partial charge in [0.1, 0.15) is 12.4 Å². The van der Waals surface area contributed by atoms with Gasteiger partial charge in [0.25, 0.3) is 5.91 Å². The maximum atomic E-state index is 13.8. The van der Waals surface area contributed by atoms with Gasteiger partial charge < -0.3 is 15.1 Å². The number of amides is 1. The Morgan fingerprint density at radius 2 is 2.10 bits per heavy atom. The third-order valence-electron chi connectivity index (χ3n) is 2.96. The molecule has 5 heteroatoms. The van der Waals surface area contributed by atoms with Crippen molar-refractivity contribution in [3.63, 3.8) is 0 Å². The predicted molar refractivity (Wildman–Crippen MR) is 78.3 cm³/mol. The lowest BCUT2D eigenvalue weighted by Gasteiger charge is -2.21. The monoisotopic (exact) mass is 293 g/mol. The topological polar surface area (TPSA) is 60.8 Å². The Bertz CT molecular complexity index is 534. The van der Waals surface area contributed by atoms with Crippen LogP contribution in [-0.2, 0) is 0 Å². The SMILES string of the molecule is CCCCN(CCO)C(=O)c1ccc(C#CCO)c(F)c1. The van der Waals surface area contributed by atoms with Crippen LogP contribution in [0.5, 0.6) is 0 Å². The lowest BCUT2D eigenvalue weighted by molar-refractivity contribution is 0.0719. The van der Waals surface area contributed by atoms with Crippen LogP contribution >= 0.6 is 0 Å². The molecule has 0 saturated carbocycles. The molecule has 0 spiro atoms. The minimum Gasteiger partial charge on any atom is -0.395 e. The van der Waals surface area contributed by atoms with Crippen molar-refractivity contribution >= 4 is 5.91 Å². The molecule has 0 aliphatic rings. The van der Waals surface area contributed by atoms with Crippen LogP contribution in [0.15, 0.2) is 18.2 Å². The molecule has 114 valence electrons. The molecule has 0 heterocycles. The Morgan fingerprint density at radius 1 is 1.33 bits per heavy atom. The molecule has 0 atom stereocenters. The Labute approximate surface area is 124 Å². The first-order valence-electron chi connectivity index (χ1n) is 6.93. The van der Waals surface area contributed by atoms with Gasteiger partial charge in [0.15, 0.2) is 0 Å². The normalized spacial score (nSPS) is 9.90. The Balaban J connectivity index is 2.92. The van der Waals surface area contributed by atoms with E-state index in [0.29, 0.717) is 6.54 Å². The van der Waals surface area contributed by atoms with E-state index in [2.05, 4.69) is 11.8 Å². The number of carbonyl (C=O) groups excluding carboxylic acids is 1. The van der Waals surface area contributed by atoms with E-state index >= 15 is 0 Å². The summed E-state index contributed by atoms with van der Waals surface area (Å²) < 4.78 is 13.8. The van der Waals surface area contributed by atoms with Crippen LogP contribution in [0.2, 0.25) is 0 Å². The van der Waals surface area contributed by atoms with Gasteiger partial charge in [0.2, 0.25) is 0 Å². The number of aliphatic hydroxyl groups is 2. The van der Waals surface area contributed by atoms with Crippen molar-refractivity contribution < 1.29 is 19.4 Å². The third-order valence-corrected chi connectivity index (χ3v) is 2.96. The fourth-order valence-corrected chi connectivity index (χ4v) is 1.85. The summed E-state index contributed by atoms with van der Waals surface area (Å²) in [6.07, 6.45) is 1.76. The van der Waals surface area contributed by atoms with Crippen LogP contribution in [0.1, 0.15) is 35.7 Å². The predicted octanol–water partition coefficient (Wildman–Crippen LogP) is 1.40. The van der Waals surface area contributed by atoms with E-state index in [-0.39, 0.29) is 36.8 Å². The van der Waals surface area contributed by atoms with Crippen molar-refractivity contribution in [2.75, 3.05) is 26.3 Å². The molecule has 0 aromatic heterocycles. The van der Waals surface area contributed by atoms with Crippen molar-refractivity contribution in [1.29, 1.82) is 0 Å². The summed E-state index contributed by atoms with van der Waals surface area (Å²) in [5.74, 6) is 3.94. The fourth-order valence-electron chi connectivity index (χ4n) is 1.85. The van der Waals surface area contributed by atoms with Gasteiger partial charge in [-0.15, -0.1) is 0 Å². The number of benzene rings is 1. The average molecular weight is 293 g/mol. The maximum Gasteiger partial charge on any atom is 0.254 e. The van der Waals surface area contributed by atoms with E-state index in [1.165, 1.54) is 17.0 Å².